The van der Waals surface area contributed by atoms with Gasteiger partial charge >= 0.3 is 0 Å². The van der Waals surface area contributed by atoms with Gasteiger partial charge in [-0.15, -0.1) is 0 Å². The van der Waals surface area contributed by atoms with E-state index in [4.69, 9.17) is 16.0 Å². The minimum atomic E-state index is 0.253. The second kappa shape index (κ2) is 3.75. The summed E-state index contributed by atoms with van der Waals surface area (Å²) in [4.78, 5) is 4.54. The Hall–Kier alpha value is -1.06. The summed E-state index contributed by atoms with van der Waals surface area (Å²) >= 11 is 6.09. The lowest BCUT2D eigenvalue weighted by molar-refractivity contribution is 0.452. The molecule has 1 atom stereocenters. The predicted octanol–water partition coefficient (Wildman–Crippen LogP) is 3.21. The summed E-state index contributed by atoms with van der Waals surface area (Å²) in [7, 11) is 0. The van der Waals surface area contributed by atoms with Crippen molar-refractivity contribution in [2.24, 2.45) is 0 Å². The van der Waals surface area contributed by atoms with Crippen molar-refractivity contribution in [3.8, 4) is 0 Å². The Kier molecular flexibility index (Phi) is 2.37. The molecule has 3 rings (SSSR count). The van der Waals surface area contributed by atoms with Crippen LogP contribution in [-0.4, -0.2) is 11.5 Å². The number of rotatable bonds is 1. The first-order valence-electron chi connectivity index (χ1n) is 5.54. The van der Waals surface area contributed by atoms with Gasteiger partial charge in [-0.05, 0) is 37.9 Å². The van der Waals surface area contributed by atoms with E-state index in [0.29, 0.717) is 10.6 Å². The Morgan fingerprint density at radius 2 is 2.38 bits per heavy atom. The smallest absolute Gasteiger partial charge is 0.212 e. The Bertz CT molecular complexity index is 490. The molecule has 0 aliphatic carbocycles. The molecular weight excluding hydrogens is 224 g/mol. The fraction of sp³-hybridized carbons (Fsp3) is 0.417. The molecular formula is C12H13ClN2O. The first kappa shape index (κ1) is 10.1. The largest absolute Gasteiger partial charge is 0.437 e. The van der Waals surface area contributed by atoms with E-state index in [-0.39, 0.29) is 6.04 Å². The van der Waals surface area contributed by atoms with Gasteiger partial charge in [0.15, 0.2) is 5.58 Å². The predicted molar refractivity (Wildman–Crippen MR) is 63.7 cm³/mol. The normalized spacial score (nSPS) is 20.8. The highest BCUT2D eigenvalue weighted by atomic mass is 35.5. The van der Waals surface area contributed by atoms with Crippen LogP contribution in [0.2, 0.25) is 5.02 Å². The number of nitrogens with one attached hydrogen (secondary N) is 1. The average molecular weight is 237 g/mol. The summed E-state index contributed by atoms with van der Waals surface area (Å²) in [6.07, 6.45) is 2.26. The number of fused-ring (bicyclic) bond motifs is 1. The highest BCUT2D eigenvalue weighted by molar-refractivity contribution is 6.34. The number of aromatic nitrogens is 1. The molecule has 4 heteroatoms. The Morgan fingerprint density at radius 1 is 1.50 bits per heavy atom. The van der Waals surface area contributed by atoms with Crippen molar-refractivity contribution in [1.82, 2.24) is 10.3 Å². The van der Waals surface area contributed by atoms with Crippen LogP contribution in [0.25, 0.3) is 11.1 Å². The summed E-state index contributed by atoms with van der Waals surface area (Å²) < 4.78 is 5.76. The molecule has 3 nitrogen and oxygen atoms in total. The van der Waals surface area contributed by atoms with Gasteiger partial charge in [0.25, 0.3) is 0 Å². The first-order chi connectivity index (χ1) is 7.75. The topological polar surface area (TPSA) is 38.1 Å². The van der Waals surface area contributed by atoms with Crippen molar-refractivity contribution in [3.05, 3.63) is 28.6 Å². The molecule has 16 heavy (non-hydrogen) atoms. The number of halogens is 1. The maximum absolute atomic E-state index is 6.09. The minimum absolute atomic E-state index is 0.253. The molecule has 2 aromatic rings. The molecule has 0 bridgehead atoms. The molecule has 84 valence electrons. The maximum Gasteiger partial charge on any atom is 0.212 e. The molecule has 0 spiro atoms. The molecule has 1 aliphatic rings. The van der Waals surface area contributed by atoms with Crippen molar-refractivity contribution in [2.75, 3.05) is 6.54 Å². The second-order valence-corrected chi connectivity index (χ2v) is 4.65. The summed E-state index contributed by atoms with van der Waals surface area (Å²) in [5.74, 6) is 0.767. The van der Waals surface area contributed by atoms with Crippen LogP contribution in [0.15, 0.2) is 16.5 Å². The molecule has 1 aromatic heterocycles. The summed E-state index contributed by atoms with van der Waals surface area (Å²) in [5, 5.41) is 4.01. The van der Waals surface area contributed by atoms with Gasteiger partial charge in [0.1, 0.15) is 5.52 Å². The Balaban J connectivity index is 2.14. The van der Waals surface area contributed by atoms with Gasteiger partial charge in [-0.25, -0.2) is 4.98 Å². The van der Waals surface area contributed by atoms with E-state index in [9.17, 15) is 0 Å². The third-order valence-corrected chi connectivity index (χ3v) is 3.37. The van der Waals surface area contributed by atoms with E-state index in [2.05, 4.69) is 10.3 Å². The lowest BCUT2D eigenvalue weighted by atomic mass is 10.2. The first-order valence-corrected chi connectivity index (χ1v) is 5.92. The van der Waals surface area contributed by atoms with E-state index in [0.717, 1.165) is 29.9 Å². The van der Waals surface area contributed by atoms with Crippen LogP contribution >= 0.6 is 11.6 Å². The molecule has 1 saturated heterocycles. The molecule has 1 aliphatic heterocycles. The van der Waals surface area contributed by atoms with Crippen molar-refractivity contribution < 1.29 is 4.42 Å². The summed E-state index contributed by atoms with van der Waals surface area (Å²) in [6, 6.07) is 4.08. The van der Waals surface area contributed by atoms with Gasteiger partial charge < -0.3 is 9.73 Å². The van der Waals surface area contributed by atoms with Crippen LogP contribution in [0.1, 0.15) is 30.3 Å². The molecule has 1 fully saturated rings. The van der Waals surface area contributed by atoms with Gasteiger partial charge in [0, 0.05) is 0 Å². The van der Waals surface area contributed by atoms with Crippen molar-refractivity contribution in [1.29, 1.82) is 0 Å². The van der Waals surface area contributed by atoms with Gasteiger partial charge in [-0.3, -0.25) is 0 Å². The van der Waals surface area contributed by atoms with Crippen LogP contribution in [0.5, 0.6) is 0 Å². The van der Waals surface area contributed by atoms with E-state index in [1.54, 1.807) is 0 Å². The number of oxazole rings is 1. The molecule has 0 amide bonds. The van der Waals surface area contributed by atoms with Gasteiger partial charge in [-0.2, -0.15) is 0 Å². The molecule has 1 aromatic carbocycles. The standard InChI is InChI=1S/C12H13ClN2O/c1-7-4-5-8(13)11-10(7)15-12(16-11)9-3-2-6-14-9/h4-5,9,14H,2-3,6H2,1H3. The fourth-order valence-corrected chi connectivity index (χ4v) is 2.35. The van der Waals surface area contributed by atoms with Crippen molar-refractivity contribution in [2.45, 2.75) is 25.8 Å². The molecule has 1 unspecified atom stereocenters. The van der Waals surface area contributed by atoms with Crippen LogP contribution in [0, 0.1) is 6.92 Å². The zero-order chi connectivity index (χ0) is 11.1. The lowest BCUT2D eigenvalue weighted by Crippen LogP contribution is -2.12. The number of hydrogen-bond donors (Lipinski definition) is 1. The number of nitrogens with zero attached hydrogens (tertiary/aromatic N) is 1. The van der Waals surface area contributed by atoms with Crippen molar-refractivity contribution >= 4 is 22.7 Å². The third kappa shape index (κ3) is 1.51. The van der Waals surface area contributed by atoms with Gasteiger partial charge in [0.2, 0.25) is 5.89 Å². The molecule has 0 radical (unpaired) electrons. The van der Waals surface area contributed by atoms with Crippen LogP contribution in [0.3, 0.4) is 0 Å². The Labute approximate surface area is 98.8 Å². The number of hydrogen-bond acceptors (Lipinski definition) is 3. The quantitative estimate of drug-likeness (QED) is 0.826. The van der Waals surface area contributed by atoms with E-state index in [1.165, 1.54) is 6.42 Å². The minimum Gasteiger partial charge on any atom is -0.437 e. The van der Waals surface area contributed by atoms with E-state index >= 15 is 0 Å². The zero-order valence-electron chi connectivity index (χ0n) is 9.09. The van der Waals surface area contributed by atoms with E-state index < -0.39 is 0 Å². The monoisotopic (exact) mass is 236 g/mol. The lowest BCUT2D eigenvalue weighted by Gasteiger charge is -2.02. The summed E-state index contributed by atoms with van der Waals surface area (Å²) in [5.41, 5.74) is 2.70. The molecule has 0 saturated carbocycles. The van der Waals surface area contributed by atoms with E-state index in [1.807, 2.05) is 19.1 Å². The number of benzene rings is 1. The highest BCUT2D eigenvalue weighted by Gasteiger charge is 2.22. The van der Waals surface area contributed by atoms with Crippen LogP contribution in [-0.2, 0) is 0 Å². The second-order valence-electron chi connectivity index (χ2n) is 4.24. The average Bonchev–Trinajstić information content (AvgIpc) is 2.90. The molecule has 1 N–H and O–H groups in total. The number of aryl methyl sites for hydroxylation is 1. The SMILES string of the molecule is Cc1ccc(Cl)c2oc(C3CCCN3)nc12. The maximum atomic E-state index is 6.09. The fourth-order valence-electron chi connectivity index (χ4n) is 2.16. The van der Waals surface area contributed by atoms with Crippen LogP contribution < -0.4 is 5.32 Å². The molecule has 2 heterocycles. The van der Waals surface area contributed by atoms with Crippen LogP contribution in [0.4, 0.5) is 0 Å². The Morgan fingerprint density at radius 3 is 3.06 bits per heavy atom. The van der Waals surface area contributed by atoms with Gasteiger partial charge in [-0.1, -0.05) is 17.7 Å². The highest BCUT2D eigenvalue weighted by Crippen LogP contribution is 2.31. The van der Waals surface area contributed by atoms with Crippen molar-refractivity contribution in [3.63, 3.8) is 0 Å². The summed E-state index contributed by atoms with van der Waals surface area (Å²) in [6.45, 7) is 3.06. The zero-order valence-corrected chi connectivity index (χ0v) is 9.84. The third-order valence-electron chi connectivity index (χ3n) is 3.07. The van der Waals surface area contributed by atoms with Gasteiger partial charge in [0.05, 0.1) is 11.1 Å².